The Morgan fingerprint density at radius 3 is 2.27 bits per heavy atom. The fourth-order valence-corrected chi connectivity index (χ4v) is 0.696. The first-order chi connectivity index (χ1) is 4.79. The van der Waals surface area contributed by atoms with Gasteiger partial charge in [0.2, 0.25) is 0 Å². The molecule has 0 amide bonds. The van der Waals surface area contributed by atoms with Gasteiger partial charge in [-0.2, -0.15) is 0 Å². The molecule has 1 aromatic carbocycles. The van der Waals surface area contributed by atoms with E-state index >= 15 is 0 Å². The molecule has 0 aliphatic rings. The summed E-state index contributed by atoms with van der Waals surface area (Å²) >= 11 is 0. The van der Waals surface area contributed by atoms with Crippen molar-refractivity contribution in [3.8, 4) is 5.75 Å². The molecule has 2 nitrogen and oxygen atoms in total. The van der Waals surface area contributed by atoms with Gasteiger partial charge in [-0.15, -0.1) is 0 Å². The molecule has 0 bridgehead atoms. The molecule has 0 aliphatic heterocycles. The molecule has 0 aromatic heterocycles. The summed E-state index contributed by atoms with van der Waals surface area (Å²) in [6.07, 6.45) is -0.734. The maximum Gasteiger partial charge on any atom is 0.194 e. The number of aliphatic hydroxyl groups is 1. The van der Waals surface area contributed by atoms with Crippen molar-refractivity contribution in [2.24, 2.45) is 0 Å². The summed E-state index contributed by atoms with van der Waals surface area (Å²) in [5.74, 6) is 0.692. The summed E-state index contributed by atoms with van der Waals surface area (Å²) < 4.78 is 4.97. The van der Waals surface area contributed by atoms with Crippen LogP contribution in [-0.4, -0.2) is 49.1 Å². The molecule has 0 fully saturated rings. The molecular formula is C8H10CaO2. The Hall–Kier alpha value is 0.240. The van der Waals surface area contributed by atoms with E-state index in [2.05, 4.69) is 0 Å². The second-order valence-corrected chi connectivity index (χ2v) is 2.03. The molecule has 0 spiro atoms. The smallest absolute Gasteiger partial charge is 0.194 e. The van der Waals surface area contributed by atoms with Gasteiger partial charge in [0.15, 0.2) is 6.29 Å². The summed E-state index contributed by atoms with van der Waals surface area (Å²) in [5, 5.41) is 8.78. The van der Waals surface area contributed by atoms with E-state index in [4.69, 9.17) is 9.84 Å². The molecule has 56 valence electrons. The van der Waals surface area contributed by atoms with Gasteiger partial charge in [0.05, 0.1) is 0 Å². The number of para-hydroxylation sites is 1. The van der Waals surface area contributed by atoms with Crippen LogP contribution in [-0.2, 0) is 0 Å². The zero-order valence-electron chi connectivity index (χ0n) is 6.53. The van der Waals surface area contributed by atoms with Crippen molar-refractivity contribution >= 4 is 37.7 Å². The first-order valence-electron chi connectivity index (χ1n) is 3.19. The Labute approximate surface area is 96.2 Å². The molecule has 1 rings (SSSR count). The van der Waals surface area contributed by atoms with Gasteiger partial charge < -0.3 is 9.84 Å². The van der Waals surface area contributed by atoms with Crippen LogP contribution in [0.15, 0.2) is 30.3 Å². The maximum atomic E-state index is 8.78. The largest absolute Gasteiger partial charge is 0.465 e. The van der Waals surface area contributed by atoms with Gasteiger partial charge in [-0.3, -0.25) is 0 Å². The number of hydrogen-bond acceptors (Lipinski definition) is 2. The van der Waals surface area contributed by atoms with Crippen molar-refractivity contribution in [3.05, 3.63) is 30.3 Å². The monoisotopic (exact) mass is 178 g/mol. The molecule has 1 atom stereocenters. The van der Waals surface area contributed by atoms with Gasteiger partial charge in [-0.05, 0) is 19.1 Å². The normalized spacial score (nSPS) is 11.5. The number of benzene rings is 1. The average molecular weight is 178 g/mol. The number of aliphatic hydroxyl groups excluding tert-OH is 1. The van der Waals surface area contributed by atoms with E-state index in [0.29, 0.717) is 5.75 Å². The van der Waals surface area contributed by atoms with Crippen LogP contribution in [0.3, 0.4) is 0 Å². The summed E-state index contributed by atoms with van der Waals surface area (Å²) in [6, 6.07) is 9.21. The minimum atomic E-state index is -0.734. The van der Waals surface area contributed by atoms with Gasteiger partial charge in [0.1, 0.15) is 5.75 Å². The van der Waals surface area contributed by atoms with Gasteiger partial charge in [0.25, 0.3) is 0 Å². The second kappa shape index (κ2) is 5.84. The van der Waals surface area contributed by atoms with E-state index in [9.17, 15) is 0 Å². The van der Waals surface area contributed by atoms with Crippen LogP contribution in [0.4, 0.5) is 0 Å². The van der Waals surface area contributed by atoms with Crippen LogP contribution in [0, 0.1) is 0 Å². The molecule has 1 aromatic rings. The number of rotatable bonds is 2. The third-order valence-electron chi connectivity index (χ3n) is 1.05. The molecular weight excluding hydrogens is 168 g/mol. The average Bonchev–Trinajstić information content (AvgIpc) is 1.88. The van der Waals surface area contributed by atoms with Gasteiger partial charge in [-0.1, -0.05) is 18.2 Å². The van der Waals surface area contributed by atoms with E-state index in [1.165, 1.54) is 0 Å². The molecule has 0 saturated heterocycles. The predicted molar refractivity (Wildman–Crippen MR) is 44.5 cm³/mol. The van der Waals surface area contributed by atoms with Crippen molar-refractivity contribution in [1.29, 1.82) is 0 Å². The van der Waals surface area contributed by atoms with Crippen LogP contribution in [0.1, 0.15) is 6.92 Å². The summed E-state index contributed by atoms with van der Waals surface area (Å²) in [6.45, 7) is 1.58. The zero-order chi connectivity index (χ0) is 7.40. The molecule has 1 N–H and O–H groups in total. The fraction of sp³-hybridized carbons (Fsp3) is 0.250. The molecule has 0 aliphatic carbocycles. The Kier molecular flexibility index (Phi) is 5.96. The van der Waals surface area contributed by atoms with Gasteiger partial charge >= 0.3 is 0 Å². The van der Waals surface area contributed by atoms with E-state index < -0.39 is 6.29 Å². The first-order valence-corrected chi connectivity index (χ1v) is 3.19. The molecule has 2 radical (unpaired) electrons. The third kappa shape index (κ3) is 4.64. The summed E-state index contributed by atoms with van der Waals surface area (Å²) in [4.78, 5) is 0. The van der Waals surface area contributed by atoms with Gasteiger partial charge in [-0.25, -0.2) is 0 Å². The number of ether oxygens (including phenoxy) is 1. The quantitative estimate of drug-likeness (QED) is 0.541. The molecule has 3 heteroatoms. The molecule has 0 saturated carbocycles. The third-order valence-corrected chi connectivity index (χ3v) is 1.05. The second-order valence-electron chi connectivity index (χ2n) is 2.03. The van der Waals surface area contributed by atoms with Gasteiger partial charge in [0, 0.05) is 37.7 Å². The van der Waals surface area contributed by atoms with Crippen molar-refractivity contribution in [2.75, 3.05) is 0 Å². The van der Waals surface area contributed by atoms with Crippen molar-refractivity contribution in [2.45, 2.75) is 13.2 Å². The molecule has 11 heavy (non-hydrogen) atoms. The standard InChI is InChI=1S/C8H10O2.Ca/c1-7(9)10-8-5-3-2-4-6-8;/h2-7,9H,1H3;. The van der Waals surface area contributed by atoms with Crippen molar-refractivity contribution in [3.63, 3.8) is 0 Å². The summed E-state index contributed by atoms with van der Waals surface area (Å²) in [5.41, 5.74) is 0. The minimum Gasteiger partial charge on any atom is -0.465 e. The van der Waals surface area contributed by atoms with Crippen LogP contribution in [0.5, 0.6) is 5.75 Å². The van der Waals surface area contributed by atoms with E-state index in [1.807, 2.05) is 18.2 Å². The number of hydrogen-bond donors (Lipinski definition) is 1. The molecule has 1 unspecified atom stereocenters. The molecule has 0 heterocycles. The van der Waals surface area contributed by atoms with E-state index in [0.717, 1.165) is 0 Å². The Morgan fingerprint density at radius 1 is 1.27 bits per heavy atom. The van der Waals surface area contributed by atoms with Crippen LogP contribution in [0.2, 0.25) is 0 Å². The Bertz CT molecular complexity index is 187. The Balaban J connectivity index is 0.000001000. The zero-order valence-corrected chi connectivity index (χ0v) is 8.74. The van der Waals surface area contributed by atoms with Crippen molar-refractivity contribution < 1.29 is 9.84 Å². The Morgan fingerprint density at radius 2 is 1.82 bits per heavy atom. The topological polar surface area (TPSA) is 29.5 Å². The van der Waals surface area contributed by atoms with Crippen LogP contribution >= 0.6 is 0 Å². The summed E-state index contributed by atoms with van der Waals surface area (Å²) in [7, 11) is 0. The van der Waals surface area contributed by atoms with Crippen molar-refractivity contribution in [1.82, 2.24) is 0 Å². The predicted octanol–water partition coefficient (Wildman–Crippen LogP) is 1.02. The van der Waals surface area contributed by atoms with Crippen LogP contribution in [0.25, 0.3) is 0 Å². The first kappa shape index (κ1) is 11.2. The van der Waals surface area contributed by atoms with Crippen LogP contribution < -0.4 is 4.74 Å². The van der Waals surface area contributed by atoms with E-state index in [-0.39, 0.29) is 37.7 Å². The SMILES string of the molecule is CC(O)Oc1ccccc1.[Ca]. The minimum absolute atomic E-state index is 0. The fourth-order valence-electron chi connectivity index (χ4n) is 0.696. The van der Waals surface area contributed by atoms with E-state index in [1.54, 1.807) is 19.1 Å². The maximum absolute atomic E-state index is 8.78.